The topological polar surface area (TPSA) is 41.1 Å². The third-order valence-corrected chi connectivity index (χ3v) is 3.98. The van der Waals surface area contributed by atoms with E-state index in [1.807, 2.05) is 6.07 Å². The molecule has 1 saturated carbocycles. The Hall–Kier alpha value is -0.740. The van der Waals surface area contributed by atoms with Gasteiger partial charge in [0.15, 0.2) is 0 Å². The first kappa shape index (κ1) is 13.7. The Bertz CT molecular complexity index is 433. The van der Waals surface area contributed by atoms with Gasteiger partial charge in [0.2, 0.25) is 5.91 Å². The molecule has 98 valence electrons. The maximum Gasteiger partial charge on any atom is 0.239 e. The average molecular weight is 332 g/mol. The lowest BCUT2D eigenvalue weighted by molar-refractivity contribution is -0.120. The number of nitrogens with one attached hydrogen (secondary N) is 2. The first-order chi connectivity index (χ1) is 8.65. The summed E-state index contributed by atoms with van der Waals surface area (Å²) in [6, 6.07) is 5.82. The largest absolute Gasteiger partial charge is 0.375 e. The van der Waals surface area contributed by atoms with E-state index in [-0.39, 0.29) is 12.5 Å². The van der Waals surface area contributed by atoms with Gasteiger partial charge in [-0.3, -0.25) is 4.79 Å². The molecule has 0 saturated heterocycles. The molecule has 1 aromatic carbocycles. The molecule has 1 fully saturated rings. The van der Waals surface area contributed by atoms with Crippen molar-refractivity contribution in [1.29, 1.82) is 0 Å². The van der Waals surface area contributed by atoms with Crippen molar-refractivity contribution >= 4 is 39.1 Å². The molecule has 0 aromatic heterocycles. The van der Waals surface area contributed by atoms with Crippen molar-refractivity contribution in [3.05, 3.63) is 27.7 Å². The second kappa shape index (κ2) is 6.43. The van der Waals surface area contributed by atoms with Gasteiger partial charge in [-0.15, -0.1) is 0 Å². The standard InChI is InChI=1S/C13H16BrClN2O/c14-11-7-9(15)5-6-12(11)16-8-13(18)17-10-3-1-2-4-10/h5-7,10,16H,1-4,8H2,(H,17,18). The number of rotatable bonds is 4. The Morgan fingerprint density at radius 3 is 2.78 bits per heavy atom. The second-order valence-corrected chi connectivity index (χ2v) is 5.82. The smallest absolute Gasteiger partial charge is 0.239 e. The SMILES string of the molecule is O=C(CNc1ccc(Cl)cc1Br)NC1CCCC1. The van der Waals surface area contributed by atoms with E-state index < -0.39 is 0 Å². The van der Waals surface area contributed by atoms with Gasteiger partial charge in [-0.05, 0) is 47.0 Å². The van der Waals surface area contributed by atoms with Crippen LogP contribution in [0.5, 0.6) is 0 Å². The zero-order valence-corrected chi connectivity index (χ0v) is 12.4. The molecule has 0 unspecified atom stereocenters. The van der Waals surface area contributed by atoms with Crippen LogP contribution in [0.4, 0.5) is 5.69 Å². The Kier molecular flexibility index (Phi) is 4.89. The predicted octanol–water partition coefficient (Wildman–Crippen LogP) is 3.57. The fourth-order valence-electron chi connectivity index (χ4n) is 2.16. The van der Waals surface area contributed by atoms with E-state index in [1.165, 1.54) is 12.8 Å². The van der Waals surface area contributed by atoms with Crippen molar-refractivity contribution in [3.63, 3.8) is 0 Å². The lowest BCUT2D eigenvalue weighted by Gasteiger charge is -2.13. The summed E-state index contributed by atoms with van der Waals surface area (Å²) in [5.74, 6) is 0.0451. The molecular formula is C13H16BrClN2O. The van der Waals surface area contributed by atoms with Crippen LogP contribution in [-0.4, -0.2) is 18.5 Å². The van der Waals surface area contributed by atoms with E-state index in [9.17, 15) is 4.79 Å². The van der Waals surface area contributed by atoms with E-state index in [0.29, 0.717) is 11.1 Å². The van der Waals surface area contributed by atoms with Crippen LogP contribution in [-0.2, 0) is 4.79 Å². The molecule has 2 rings (SSSR count). The third-order valence-electron chi connectivity index (χ3n) is 3.09. The van der Waals surface area contributed by atoms with Gasteiger partial charge < -0.3 is 10.6 Å². The van der Waals surface area contributed by atoms with E-state index in [0.717, 1.165) is 23.0 Å². The predicted molar refractivity (Wildman–Crippen MR) is 78.0 cm³/mol. The first-order valence-electron chi connectivity index (χ1n) is 6.13. The molecule has 18 heavy (non-hydrogen) atoms. The molecule has 0 heterocycles. The molecule has 2 N–H and O–H groups in total. The number of hydrogen-bond donors (Lipinski definition) is 2. The van der Waals surface area contributed by atoms with Crippen molar-refractivity contribution in [2.45, 2.75) is 31.7 Å². The van der Waals surface area contributed by atoms with E-state index >= 15 is 0 Å². The molecule has 0 spiro atoms. The number of benzene rings is 1. The Morgan fingerprint density at radius 2 is 2.11 bits per heavy atom. The van der Waals surface area contributed by atoms with Gasteiger partial charge in [0.25, 0.3) is 0 Å². The number of carbonyl (C=O) groups is 1. The number of anilines is 1. The molecule has 1 amide bonds. The Labute approximate surface area is 120 Å². The summed E-state index contributed by atoms with van der Waals surface area (Å²) in [4.78, 5) is 11.7. The van der Waals surface area contributed by atoms with Crippen LogP contribution < -0.4 is 10.6 Å². The highest BCUT2D eigenvalue weighted by molar-refractivity contribution is 9.10. The van der Waals surface area contributed by atoms with Gasteiger partial charge >= 0.3 is 0 Å². The summed E-state index contributed by atoms with van der Waals surface area (Å²) >= 11 is 9.26. The fourth-order valence-corrected chi connectivity index (χ4v) is 2.98. The van der Waals surface area contributed by atoms with Crippen molar-refractivity contribution in [1.82, 2.24) is 5.32 Å². The van der Waals surface area contributed by atoms with E-state index in [2.05, 4.69) is 26.6 Å². The van der Waals surface area contributed by atoms with Crippen molar-refractivity contribution in [2.75, 3.05) is 11.9 Å². The zero-order chi connectivity index (χ0) is 13.0. The molecule has 3 nitrogen and oxygen atoms in total. The quantitative estimate of drug-likeness (QED) is 0.885. The number of halogens is 2. The van der Waals surface area contributed by atoms with Gasteiger partial charge in [-0.2, -0.15) is 0 Å². The van der Waals surface area contributed by atoms with Crippen LogP contribution in [0, 0.1) is 0 Å². The third kappa shape index (κ3) is 3.89. The second-order valence-electron chi connectivity index (χ2n) is 4.53. The molecule has 0 aliphatic heterocycles. The minimum absolute atomic E-state index is 0.0451. The van der Waals surface area contributed by atoms with Crippen LogP contribution in [0.15, 0.2) is 22.7 Å². The molecule has 0 atom stereocenters. The minimum atomic E-state index is 0.0451. The van der Waals surface area contributed by atoms with Gasteiger partial charge in [-0.1, -0.05) is 24.4 Å². The highest BCUT2D eigenvalue weighted by atomic mass is 79.9. The summed E-state index contributed by atoms with van der Waals surface area (Å²) in [7, 11) is 0. The fraction of sp³-hybridized carbons (Fsp3) is 0.462. The van der Waals surface area contributed by atoms with Gasteiger partial charge in [0.1, 0.15) is 0 Å². The monoisotopic (exact) mass is 330 g/mol. The van der Waals surface area contributed by atoms with Crippen molar-refractivity contribution in [2.24, 2.45) is 0 Å². The molecule has 1 aliphatic rings. The number of amides is 1. The zero-order valence-electron chi connectivity index (χ0n) is 10.0. The van der Waals surface area contributed by atoms with E-state index in [1.54, 1.807) is 12.1 Å². The average Bonchev–Trinajstić information content (AvgIpc) is 2.80. The van der Waals surface area contributed by atoms with Crippen molar-refractivity contribution in [3.8, 4) is 0 Å². The van der Waals surface area contributed by atoms with Crippen LogP contribution in [0.3, 0.4) is 0 Å². The summed E-state index contributed by atoms with van der Waals surface area (Å²) in [5.41, 5.74) is 0.876. The number of carbonyl (C=O) groups excluding carboxylic acids is 1. The lowest BCUT2D eigenvalue weighted by Crippen LogP contribution is -2.36. The Balaban J connectivity index is 1.81. The van der Waals surface area contributed by atoms with Crippen LogP contribution >= 0.6 is 27.5 Å². The first-order valence-corrected chi connectivity index (χ1v) is 7.30. The van der Waals surface area contributed by atoms with Crippen molar-refractivity contribution < 1.29 is 4.79 Å². The van der Waals surface area contributed by atoms with Crippen LogP contribution in [0.2, 0.25) is 5.02 Å². The van der Waals surface area contributed by atoms with Crippen LogP contribution in [0.25, 0.3) is 0 Å². The normalized spacial score (nSPS) is 15.7. The maximum absolute atomic E-state index is 11.7. The molecular weight excluding hydrogens is 316 g/mol. The highest BCUT2D eigenvalue weighted by Crippen LogP contribution is 2.25. The summed E-state index contributed by atoms with van der Waals surface area (Å²) in [6.45, 7) is 0.288. The van der Waals surface area contributed by atoms with Gasteiger partial charge in [-0.25, -0.2) is 0 Å². The highest BCUT2D eigenvalue weighted by Gasteiger charge is 2.16. The van der Waals surface area contributed by atoms with Gasteiger partial charge in [0.05, 0.1) is 6.54 Å². The lowest BCUT2D eigenvalue weighted by atomic mass is 10.2. The van der Waals surface area contributed by atoms with Crippen LogP contribution in [0.1, 0.15) is 25.7 Å². The summed E-state index contributed by atoms with van der Waals surface area (Å²) in [6.07, 6.45) is 4.66. The summed E-state index contributed by atoms with van der Waals surface area (Å²) < 4.78 is 0.865. The molecule has 1 aliphatic carbocycles. The van der Waals surface area contributed by atoms with E-state index in [4.69, 9.17) is 11.6 Å². The molecule has 0 radical (unpaired) electrons. The number of hydrogen-bond acceptors (Lipinski definition) is 2. The summed E-state index contributed by atoms with van der Waals surface area (Å²) in [5, 5.41) is 6.80. The molecule has 5 heteroatoms. The molecule has 1 aromatic rings. The minimum Gasteiger partial charge on any atom is -0.375 e. The Morgan fingerprint density at radius 1 is 1.39 bits per heavy atom. The molecule has 0 bridgehead atoms. The maximum atomic E-state index is 11.7. The van der Waals surface area contributed by atoms with Gasteiger partial charge in [0, 0.05) is 21.2 Å².